The number of piperidine rings is 1. The molecule has 1 aliphatic carbocycles. The predicted octanol–water partition coefficient (Wildman–Crippen LogP) is 3.51. The van der Waals surface area contributed by atoms with Crippen molar-refractivity contribution in [3.63, 3.8) is 0 Å². The lowest BCUT2D eigenvalue weighted by Gasteiger charge is -2.25. The first-order chi connectivity index (χ1) is 11.9. The van der Waals surface area contributed by atoms with Crippen LogP contribution in [0.1, 0.15) is 28.3 Å². The second kappa shape index (κ2) is 5.97. The molecule has 2 amide bonds. The molecule has 2 fully saturated rings. The highest BCUT2D eigenvalue weighted by Crippen LogP contribution is 2.49. The summed E-state index contributed by atoms with van der Waals surface area (Å²) in [5.74, 6) is -0.349. The number of aromatic nitrogens is 1. The number of rotatable bonds is 3. The third kappa shape index (κ3) is 2.72. The minimum absolute atomic E-state index is 0.0923. The number of thiazole rings is 1. The van der Waals surface area contributed by atoms with E-state index in [4.69, 9.17) is 28.9 Å². The molecule has 130 valence electrons. The smallest absolute Gasteiger partial charge is 0.274 e. The van der Waals surface area contributed by atoms with Crippen LogP contribution in [0.4, 0.5) is 0 Å². The summed E-state index contributed by atoms with van der Waals surface area (Å²) in [4.78, 5) is 31.6. The largest absolute Gasteiger partial charge is 0.368 e. The quantitative estimate of drug-likeness (QED) is 0.863. The molecule has 2 aromatic rings. The van der Waals surface area contributed by atoms with Crippen LogP contribution in [0.5, 0.6) is 0 Å². The zero-order chi connectivity index (χ0) is 17.9. The van der Waals surface area contributed by atoms with Crippen molar-refractivity contribution in [1.29, 1.82) is 0 Å². The first kappa shape index (κ1) is 16.8. The molecular weight excluding hydrogens is 381 g/mol. The predicted molar refractivity (Wildman–Crippen MR) is 98.0 cm³/mol. The highest BCUT2D eigenvalue weighted by molar-refractivity contribution is 7.15. The number of fused-ring (bicyclic) bond motifs is 1. The highest BCUT2D eigenvalue weighted by atomic mass is 35.5. The van der Waals surface area contributed by atoms with Crippen LogP contribution < -0.4 is 5.73 Å². The number of hydrogen-bond donors (Lipinski definition) is 1. The summed E-state index contributed by atoms with van der Waals surface area (Å²) >= 11 is 13.8. The Labute approximate surface area is 158 Å². The number of carbonyl (C=O) groups excluding carboxylic acids is 2. The van der Waals surface area contributed by atoms with Gasteiger partial charge in [0.2, 0.25) is 5.91 Å². The lowest BCUT2D eigenvalue weighted by atomic mass is 10.1. The van der Waals surface area contributed by atoms with Crippen LogP contribution in [0.15, 0.2) is 18.2 Å². The van der Waals surface area contributed by atoms with E-state index in [9.17, 15) is 9.59 Å². The summed E-state index contributed by atoms with van der Waals surface area (Å²) in [6, 6.07) is 4.83. The topological polar surface area (TPSA) is 76.3 Å². The molecule has 2 N–H and O–H groups in total. The molecule has 0 radical (unpaired) electrons. The van der Waals surface area contributed by atoms with Crippen molar-refractivity contribution in [1.82, 2.24) is 9.88 Å². The molecule has 0 spiro atoms. The summed E-state index contributed by atoms with van der Waals surface area (Å²) in [5.41, 5.74) is 6.48. The first-order valence-electron chi connectivity index (χ1n) is 7.92. The first-order valence-corrected chi connectivity index (χ1v) is 9.49. The molecule has 4 rings (SSSR count). The van der Waals surface area contributed by atoms with Gasteiger partial charge in [-0.05, 0) is 31.7 Å². The third-order valence-corrected chi connectivity index (χ3v) is 6.62. The second-order valence-corrected chi connectivity index (χ2v) is 8.43. The van der Waals surface area contributed by atoms with Gasteiger partial charge in [-0.15, -0.1) is 11.3 Å². The number of likely N-dealkylation sites (tertiary alicyclic amines) is 1. The summed E-state index contributed by atoms with van der Waals surface area (Å²) in [7, 11) is 0. The van der Waals surface area contributed by atoms with E-state index in [1.807, 2.05) is 13.0 Å². The van der Waals surface area contributed by atoms with Gasteiger partial charge in [-0.3, -0.25) is 9.59 Å². The fourth-order valence-electron chi connectivity index (χ4n) is 3.56. The fourth-order valence-corrected chi connectivity index (χ4v) is 4.95. The van der Waals surface area contributed by atoms with Crippen LogP contribution in [0.25, 0.3) is 10.4 Å². The van der Waals surface area contributed by atoms with Gasteiger partial charge in [-0.2, -0.15) is 0 Å². The molecule has 1 saturated heterocycles. The van der Waals surface area contributed by atoms with E-state index in [1.54, 1.807) is 17.0 Å². The summed E-state index contributed by atoms with van der Waals surface area (Å²) < 4.78 is 0. The minimum atomic E-state index is -0.555. The Morgan fingerprint density at radius 3 is 2.80 bits per heavy atom. The van der Waals surface area contributed by atoms with Crippen LogP contribution in [-0.4, -0.2) is 33.8 Å². The SMILES string of the molecule is Cc1nc(C(=O)N2[C@H](C(N)=O)C[C@@H]3C[C@@H]32)c(-c2cccc(Cl)c2Cl)s1. The van der Waals surface area contributed by atoms with Gasteiger partial charge in [0.1, 0.15) is 11.7 Å². The number of carbonyl (C=O) groups is 2. The van der Waals surface area contributed by atoms with E-state index in [0.29, 0.717) is 38.5 Å². The summed E-state index contributed by atoms with van der Waals surface area (Å²) in [6.45, 7) is 1.83. The van der Waals surface area contributed by atoms with Crippen molar-refractivity contribution in [3.05, 3.63) is 38.9 Å². The Balaban J connectivity index is 1.78. The van der Waals surface area contributed by atoms with Gasteiger partial charge in [0.15, 0.2) is 0 Å². The van der Waals surface area contributed by atoms with Crippen molar-refractivity contribution in [2.45, 2.75) is 31.8 Å². The van der Waals surface area contributed by atoms with Crippen molar-refractivity contribution in [3.8, 4) is 10.4 Å². The number of nitrogens with zero attached hydrogens (tertiary/aromatic N) is 2. The van der Waals surface area contributed by atoms with E-state index in [2.05, 4.69) is 4.98 Å². The Kier molecular flexibility index (Phi) is 4.02. The van der Waals surface area contributed by atoms with Crippen molar-refractivity contribution in [2.24, 2.45) is 11.7 Å². The molecule has 1 aliphatic heterocycles. The normalized spacial score (nSPS) is 24.3. The van der Waals surface area contributed by atoms with E-state index >= 15 is 0 Å². The lowest BCUT2D eigenvalue weighted by molar-refractivity contribution is -0.122. The fraction of sp³-hybridized carbons (Fsp3) is 0.353. The van der Waals surface area contributed by atoms with Gasteiger partial charge in [-0.1, -0.05) is 35.3 Å². The Morgan fingerprint density at radius 2 is 2.08 bits per heavy atom. The van der Waals surface area contributed by atoms with Gasteiger partial charge >= 0.3 is 0 Å². The van der Waals surface area contributed by atoms with Crippen molar-refractivity contribution < 1.29 is 9.59 Å². The van der Waals surface area contributed by atoms with Gasteiger partial charge < -0.3 is 10.6 Å². The van der Waals surface area contributed by atoms with Crippen LogP contribution >= 0.6 is 34.5 Å². The monoisotopic (exact) mass is 395 g/mol. The van der Waals surface area contributed by atoms with E-state index in [1.165, 1.54) is 11.3 Å². The summed E-state index contributed by atoms with van der Waals surface area (Å²) in [6.07, 6.45) is 1.56. The lowest BCUT2D eigenvalue weighted by Crippen LogP contribution is -2.46. The second-order valence-electron chi connectivity index (χ2n) is 6.44. The van der Waals surface area contributed by atoms with Gasteiger partial charge in [0.05, 0.1) is 19.9 Å². The third-order valence-electron chi connectivity index (χ3n) is 4.80. The highest BCUT2D eigenvalue weighted by Gasteiger charge is 2.56. The maximum Gasteiger partial charge on any atom is 0.274 e. The molecule has 25 heavy (non-hydrogen) atoms. The summed E-state index contributed by atoms with van der Waals surface area (Å²) in [5, 5.41) is 1.55. The molecule has 3 atom stereocenters. The van der Waals surface area contributed by atoms with E-state index in [0.717, 1.165) is 11.4 Å². The number of nitrogens with two attached hydrogens (primary N) is 1. The number of amides is 2. The zero-order valence-corrected chi connectivity index (χ0v) is 15.7. The number of aryl methyl sites for hydroxylation is 1. The molecule has 1 saturated carbocycles. The van der Waals surface area contributed by atoms with Gasteiger partial charge in [0.25, 0.3) is 5.91 Å². The molecule has 0 unspecified atom stereocenters. The maximum absolute atomic E-state index is 13.2. The maximum atomic E-state index is 13.2. The van der Waals surface area contributed by atoms with E-state index in [-0.39, 0.29) is 11.9 Å². The van der Waals surface area contributed by atoms with Crippen LogP contribution in [0.3, 0.4) is 0 Å². The molecule has 1 aromatic heterocycles. The Morgan fingerprint density at radius 1 is 1.32 bits per heavy atom. The van der Waals surface area contributed by atoms with Gasteiger partial charge in [0, 0.05) is 11.6 Å². The molecule has 1 aromatic carbocycles. The Bertz CT molecular complexity index is 898. The standard InChI is InChI=1S/C17H15Cl2N3O2S/c1-7-21-14(15(25-7)9-3-2-4-10(18)13(9)19)17(24)22-11-5-8(11)6-12(22)16(20)23/h2-4,8,11-12H,5-6H2,1H3,(H2,20,23)/t8-,11-,12-/m0/s1. The molecule has 5 nitrogen and oxygen atoms in total. The van der Waals surface area contributed by atoms with Crippen molar-refractivity contribution in [2.75, 3.05) is 0 Å². The number of hydrogen-bond acceptors (Lipinski definition) is 4. The molecular formula is C17H15Cl2N3O2S. The average molecular weight is 396 g/mol. The van der Waals surface area contributed by atoms with Crippen LogP contribution in [-0.2, 0) is 4.79 Å². The number of benzene rings is 1. The molecule has 8 heteroatoms. The average Bonchev–Trinajstić information content (AvgIpc) is 3.05. The molecule has 0 bridgehead atoms. The molecule has 2 heterocycles. The molecule has 2 aliphatic rings. The van der Waals surface area contributed by atoms with Crippen molar-refractivity contribution >= 4 is 46.4 Å². The number of primary amides is 1. The van der Waals surface area contributed by atoms with Crippen LogP contribution in [0, 0.1) is 12.8 Å². The number of halogens is 2. The zero-order valence-electron chi connectivity index (χ0n) is 13.3. The Hall–Kier alpha value is -1.63. The van der Waals surface area contributed by atoms with Crippen LogP contribution in [0.2, 0.25) is 10.0 Å². The minimum Gasteiger partial charge on any atom is -0.368 e. The van der Waals surface area contributed by atoms with E-state index < -0.39 is 11.9 Å². The van der Waals surface area contributed by atoms with Gasteiger partial charge in [-0.25, -0.2) is 4.98 Å².